The van der Waals surface area contributed by atoms with Crippen LogP contribution in [0.1, 0.15) is 27.1 Å². The number of carbonyl (C=O) groups is 4. The number of hydrogen-bond acceptors (Lipinski definition) is 5. The largest absolute Gasteiger partial charge is 0.454 e. The van der Waals surface area contributed by atoms with Crippen LogP contribution in [0, 0.1) is 23.7 Å². The number of ketones is 1. The third kappa shape index (κ3) is 4.05. The van der Waals surface area contributed by atoms with Crippen molar-refractivity contribution in [2.75, 3.05) is 11.5 Å². The predicted octanol–water partition coefficient (Wildman–Crippen LogP) is 5.68. The summed E-state index contributed by atoms with van der Waals surface area (Å²) in [6, 6.07) is 23.3. The fourth-order valence-corrected chi connectivity index (χ4v) is 8.07. The van der Waals surface area contributed by atoms with Crippen molar-refractivity contribution in [3.63, 3.8) is 0 Å². The Balaban J connectivity index is 1.17. The molecule has 3 aromatic rings. The van der Waals surface area contributed by atoms with Gasteiger partial charge in [0.25, 0.3) is 0 Å². The Labute approximate surface area is 236 Å². The van der Waals surface area contributed by atoms with Crippen LogP contribution in [0.5, 0.6) is 0 Å². The van der Waals surface area contributed by atoms with E-state index in [1.54, 1.807) is 30.3 Å². The van der Waals surface area contributed by atoms with E-state index in [4.69, 9.17) is 4.74 Å². The van der Waals surface area contributed by atoms with Gasteiger partial charge in [0.1, 0.15) is 0 Å². The first-order chi connectivity index (χ1) is 18.4. The maximum absolute atomic E-state index is 13.5. The average molecular weight is 637 g/mol. The Morgan fingerprint density at radius 1 is 0.763 bits per heavy atom. The number of Topliss-reactive ketones (excluding diaryl/α,β-unsaturated/α-hetero) is 1. The molecular weight excluding hydrogens is 614 g/mol. The van der Waals surface area contributed by atoms with E-state index in [1.807, 2.05) is 42.5 Å². The molecule has 6 nitrogen and oxygen atoms in total. The van der Waals surface area contributed by atoms with E-state index in [9.17, 15) is 19.2 Å². The van der Waals surface area contributed by atoms with E-state index in [1.165, 1.54) is 6.07 Å². The first-order valence-corrected chi connectivity index (χ1v) is 14.3. The molecule has 3 aromatic carbocycles. The van der Waals surface area contributed by atoms with E-state index >= 15 is 0 Å². The molecule has 38 heavy (non-hydrogen) atoms. The topological polar surface area (TPSA) is 80.8 Å². The highest BCUT2D eigenvalue weighted by molar-refractivity contribution is 9.12. The van der Waals surface area contributed by atoms with E-state index in [0.29, 0.717) is 5.56 Å². The molecule has 0 radical (unpaired) electrons. The van der Waals surface area contributed by atoms with Crippen LogP contribution in [0.2, 0.25) is 0 Å². The van der Waals surface area contributed by atoms with Crippen LogP contribution in [0.15, 0.2) is 78.9 Å². The standard InChI is InChI=1S/C30H23Br2NO5/c31-26-20-14-21(27(26)32)25-24(20)28(35)33(29(25)36)22-9-5-4-8-19(22)30(37)38-15-23(34)18-12-10-17(11-13-18)16-6-2-1-3-7-16/h1-13,20-21,24-27H,14-15H2/t20-,21-,24-,25-,26-,27+/m1/s1. The molecule has 0 unspecified atom stereocenters. The first-order valence-electron chi connectivity index (χ1n) is 12.5. The van der Waals surface area contributed by atoms with E-state index in [2.05, 4.69) is 31.9 Å². The third-order valence-corrected chi connectivity index (χ3v) is 11.2. The molecule has 192 valence electrons. The molecule has 6 atom stereocenters. The average Bonchev–Trinajstić information content (AvgIpc) is 3.56. The minimum absolute atomic E-state index is 0.0702. The molecule has 2 bridgehead atoms. The van der Waals surface area contributed by atoms with Crippen LogP contribution in [-0.2, 0) is 14.3 Å². The number of hydrogen-bond donors (Lipinski definition) is 0. The van der Waals surface area contributed by atoms with Gasteiger partial charge in [-0.1, -0.05) is 98.6 Å². The summed E-state index contributed by atoms with van der Waals surface area (Å²) in [5, 5.41) is 0. The maximum Gasteiger partial charge on any atom is 0.340 e. The number of benzene rings is 3. The quantitative estimate of drug-likeness (QED) is 0.151. The van der Waals surface area contributed by atoms with Crippen molar-refractivity contribution in [3.05, 3.63) is 90.0 Å². The number of nitrogens with zero attached hydrogens (tertiary/aromatic N) is 1. The Kier molecular flexibility index (Phi) is 6.56. The van der Waals surface area contributed by atoms with Gasteiger partial charge >= 0.3 is 5.97 Å². The summed E-state index contributed by atoms with van der Waals surface area (Å²) in [4.78, 5) is 54.1. The van der Waals surface area contributed by atoms with Gasteiger partial charge in [-0.25, -0.2) is 9.69 Å². The highest BCUT2D eigenvalue weighted by Gasteiger charge is 2.66. The van der Waals surface area contributed by atoms with E-state index < -0.39 is 24.4 Å². The molecule has 3 aliphatic rings. The van der Waals surface area contributed by atoms with Crippen molar-refractivity contribution in [1.29, 1.82) is 0 Å². The summed E-state index contributed by atoms with van der Waals surface area (Å²) in [7, 11) is 0. The van der Waals surface area contributed by atoms with Gasteiger partial charge in [0, 0.05) is 15.2 Å². The number of rotatable bonds is 6. The number of halogens is 2. The van der Waals surface area contributed by atoms with Crippen molar-refractivity contribution >= 4 is 61.1 Å². The van der Waals surface area contributed by atoms with Gasteiger partial charge in [-0.3, -0.25) is 14.4 Å². The number of carbonyl (C=O) groups excluding carboxylic acids is 4. The van der Waals surface area contributed by atoms with Crippen LogP contribution >= 0.6 is 31.9 Å². The molecule has 2 aliphatic carbocycles. The normalized spacial score (nSPS) is 27.5. The molecule has 3 fully saturated rings. The zero-order valence-electron chi connectivity index (χ0n) is 20.1. The smallest absolute Gasteiger partial charge is 0.340 e. The minimum Gasteiger partial charge on any atom is -0.454 e. The molecule has 0 spiro atoms. The Hall–Kier alpha value is -3.10. The summed E-state index contributed by atoms with van der Waals surface area (Å²) in [6.07, 6.45) is 0.824. The molecule has 6 rings (SSSR count). The van der Waals surface area contributed by atoms with Gasteiger partial charge in [-0.15, -0.1) is 0 Å². The Morgan fingerprint density at radius 2 is 1.32 bits per heavy atom. The predicted molar refractivity (Wildman–Crippen MR) is 149 cm³/mol. The molecule has 2 amide bonds. The van der Waals surface area contributed by atoms with Gasteiger partial charge in [0.05, 0.1) is 23.1 Å². The second-order valence-corrected chi connectivity index (χ2v) is 12.1. The fraction of sp³-hybridized carbons (Fsp3) is 0.267. The van der Waals surface area contributed by atoms with Gasteiger partial charge < -0.3 is 4.74 Å². The molecule has 0 aromatic heterocycles. The van der Waals surface area contributed by atoms with Crippen molar-refractivity contribution < 1.29 is 23.9 Å². The maximum atomic E-state index is 13.5. The molecule has 1 heterocycles. The van der Waals surface area contributed by atoms with Gasteiger partial charge in [0.15, 0.2) is 12.4 Å². The number of alkyl halides is 2. The van der Waals surface area contributed by atoms with Crippen LogP contribution in [0.25, 0.3) is 11.1 Å². The van der Waals surface area contributed by atoms with Crippen LogP contribution in [0.3, 0.4) is 0 Å². The van der Waals surface area contributed by atoms with Gasteiger partial charge in [0.2, 0.25) is 11.8 Å². The fourth-order valence-electron chi connectivity index (χ4n) is 6.20. The van der Waals surface area contributed by atoms with Crippen molar-refractivity contribution in [2.24, 2.45) is 23.7 Å². The number of amides is 2. The lowest BCUT2D eigenvalue weighted by atomic mass is 9.81. The lowest BCUT2D eigenvalue weighted by Crippen LogP contribution is -2.37. The lowest BCUT2D eigenvalue weighted by Gasteiger charge is -2.28. The van der Waals surface area contributed by atoms with E-state index in [0.717, 1.165) is 22.4 Å². The monoisotopic (exact) mass is 635 g/mol. The minimum atomic E-state index is -0.757. The Bertz CT molecular complexity index is 1410. The third-order valence-electron chi connectivity index (χ3n) is 8.00. The SMILES string of the molecule is O=C(COC(=O)c1ccccc1N1C(=O)[C@@H]2[C@H]3C[C@@H]([C@@H](Br)[C@H]3Br)[C@H]2C1=O)c1ccc(-c2ccccc2)cc1. The summed E-state index contributed by atoms with van der Waals surface area (Å²) >= 11 is 7.39. The molecular formula is C30H23Br2NO5. The van der Waals surface area contributed by atoms with Gasteiger partial charge in [-0.05, 0) is 41.5 Å². The summed E-state index contributed by atoms with van der Waals surface area (Å²) in [5.74, 6) is -2.29. The number of imide groups is 1. The molecule has 1 aliphatic heterocycles. The number of fused-ring (bicyclic) bond motifs is 5. The van der Waals surface area contributed by atoms with Crippen LogP contribution in [-0.4, -0.2) is 39.8 Å². The van der Waals surface area contributed by atoms with Gasteiger partial charge in [-0.2, -0.15) is 0 Å². The van der Waals surface area contributed by atoms with Crippen molar-refractivity contribution in [1.82, 2.24) is 0 Å². The number of esters is 1. The first kappa shape index (κ1) is 25.2. The second kappa shape index (κ2) is 9.89. The Morgan fingerprint density at radius 3 is 1.95 bits per heavy atom. The lowest BCUT2D eigenvalue weighted by molar-refractivity contribution is -0.123. The molecule has 2 saturated carbocycles. The molecule has 1 saturated heterocycles. The van der Waals surface area contributed by atoms with Crippen molar-refractivity contribution in [3.8, 4) is 11.1 Å². The highest BCUT2D eigenvalue weighted by atomic mass is 79.9. The zero-order chi connectivity index (χ0) is 26.6. The number of para-hydroxylation sites is 1. The van der Waals surface area contributed by atoms with E-state index in [-0.39, 0.29) is 50.3 Å². The van der Waals surface area contributed by atoms with Crippen LogP contribution in [0.4, 0.5) is 5.69 Å². The molecule has 8 heteroatoms. The number of anilines is 1. The summed E-state index contributed by atoms with van der Waals surface area (Å²) in [6.45, 7) is -0.453. The van der Waals surface area contributed by atoms with Crippen LogP contribution < -0.4 is 4.90 Å². The molecule has 0 N–H and O–H groups in total. The number of ether oxygens (including phenoxy) is 1. The summed E-state index contributed by atoms with van der Waals surface area (Å²) < 4.78 is 5.36. The second-order valence-electron chi connectivity index (χ2n) is 9.98. The zero-order valence-corrected chi connectivity index (χ0v) is 23.3. The van der Waals surface area contributed by atoms with Crippen molar-refractivity contribution in [2.45, 2.75) is 16.1 Å². The summed E-state index contributed by atoms with van der Waals surface area (Å²) in [5.41, 5.74) is 2.73. The highest BCUT2D eigenvalue weighted by Crippen LogP contribution is 2.60.